The SMILES string of the molecule is C=C(CCCC)CCCCCC. The summed E-state index contributed by atoms with van der Waals surface area (Å²) in [6, 6.07) is 0. The summed E-state index contributed by atoms with van der Waals surface area (Å²) in [6.07, 6.45) is 10.6. The summed E-state index contributed by atoms with van der Waals surface area (Å²) in [5, 5.41) is 0. The smallest absolute Gasteiger partial charge is 0.0323 e. The second kappa shape index (κ2) is 8.83. The van der Waals surface area contributed by atoms with E-state index >= 15 is 0 Å². The lowest BCUT2D eigenvalue weighted by atomic mass is 10.0. The van der Waals surface area contributed by atoms with Gasteiger partial charge in [-0.1, -0.05) is 51.7 Å². The Morgan fingerprint density at radius 3 is 2.00 bits per heavy atom. The number of unbranched alkanes of at least 4 members (excludes halogenated alkanes) is 4. The second-order valence-electron chi connectivity index (χ2n) is 3.66. The van der Waals surface area contributed by atoms with Crippen LogP contribution in [0.3, 0.4) is 0 Å². The van der Waals surface area contributed by atoms with Crippen LogP contribution < -0.4 is 0 Å². The van der Waals surface area contributed by atoms with Crippen molar-refractivity contribution < 1.29 is 0 Å². The Hall–Kier alpha value is -0.260. The Bertz CT molecular complexity index is 103. The molecule has 0 aromatic rings. The zero-order chi connectivity index (χ0) is 9.23. The van der Waals surface area contributed by atoms with Crippen molar-refractivity contribution in [2.45, 2.75) is 65.2 Å². The van der Waals surface area contributed by atoms with E-state index in [9.17, 15) is 0 Å². The minimum atomic E-state index is 1.25. The molecule has 0 unspecified atom stereocenters. The van der Waals surface area contributed by atoms with Gasteiger partial charge in [0.05, 0.1) is 0 Å². The Morgan fingerprint density at radius 1 is 0.833 bits per heavy atom. The molecule has 0 radical (unpaired) electrons. The molecule has 0 aliphatic rings. The van der Waals surface area contributed by atoms with E-state index in [1.54, 1.807) is 0 Å². The fourth-order valence-electron chi connectivity index (χ4n) is 1.35. The molecule has 0 fully saturated rings. The van der Waals surface area contributed by atoms with E-state index in [0.29, 0.717) is 0 Å². The summed E-state index contributed by atoms with van der Waals surface area (Å²) in [4.78, 5) is 0. The summed E-state index contributed by atoms with van der Waals surface area (Å²) in [5.41, 5.74) is 1.47. The van der Waals surface area contributed by atoms with Crippen molar-refractivity contribution in [2.75, 3.05) is 0 Å². The molecule has 0 amide bonds. The third kappa shape index (κ3) is 7.84. The highest BCUT2D eigenvalue weighted by molar-refractivity contribution is 4.93. The van der Waals surface area contributed by atoms with Crippen LogP contribution in [-0.4, -0.2) is 0 Å². The third-order valence-electron chi connectivity index (χ3n) is 2.27. The molecule has 0 aromatic carbocycles. The molecule has 0 aliphatic carbocycles. The topological polar surface area (TPSA) is 0 Å². The number of hydrogen-bond donors (Lipinski definition) is 0. The van der Waals surface area contributed by atoms with Crippen LogP contribution in [0.4, 0.5) is 0 Å². The van der Waals surface area contributed by atoms with E-state index in [-0.39, 0.29) is 0 Å². The summed E-state index contributed by atoms with van der Waals surface area (Å²) in [6.45, 7) is 8.59. The zero-order valence-electron chi connectivity index (χ0n) is 8.86. The summed E-state index contributed by atoms with van der Waals surface area (Å²) in [5.74, 6) is 0. The van der Waals surface area contributed by atoms with Crippen molar-refractivity contribution in [3.63, 3.8) is 0 Å². The highest BCUT2D eigenvalue weighted by Gasteiger charge is 1.93. The van der Waals surface area contributed by atoms with Gasteiger partial charge in [0, 0.05) is 0 Å². The van der Waals surface area contributed by atoms with Crippen molar-refractivity contribution in [1.29, 1.82) is 0 Å². The quantitative estimate of drug-likeness (QED) is 0.364. The molecule has 0 nitrogen and oxygen atoms in total. The van der Waals surface area contributed by atoms with Gasteiger partial charge in [0.25, 0.3) is 0 Å². The van der Waals surface area contributed by atoms with E-state index in [2.05, 4.69) is 20.4 Å². The van der Waals surface area contributed by atoms with Gasteiger partial charge in [0.15, 0.2) is 0 Å². The van der Waals surface area contributed by atoms with Crippen molar-refractivity contribution >= 4 is 0 Å². The fraction of sp³-hybridized carbons (Fsp3) is 0.833. The minimum Gasteiger partial charge on any atom is -0.0999 e. The van der Waals surface area contributed by atoms with Gasteiger partial charge in [0.1, 0.15) is 0 Å². The molecular formula is C12H24. The predicted octanol–water partition coefficient (Wildman–Crippen LogP) is 4.70. The van der Waals surface area contributed by atoms with Gasteiger partial charge >= 0.3 is 0 Å². The maximum absolute atomic E-state index is 4.09. The first-order chi connectivity index (χ1) is 5.81. The van der Waals surface area contributed by atoms with E-state index in [0.717, 1.165) is 0 Å². The lowest BCUT2D eigenvalue weighted by Gasteiger charge is -2.03. The first-order valence-electron chi connectivity index (χ1n) is 5.47. The molecule has 0 spiro atoms. The van der Waals surface area contributed by atoms with Crippen LogP contribution in [0.2, 0.25) is 0 Å². The van der Waals surface area contributed by atoms with Gasteiger partial charge in [-0.25, -0.2) is 0 Å². The average molecular weight is 168 g/mol. The highest BCUT2D eigenvalue weighted by atomic mass is 14.0. The summed E-state index contributed by atoms with van der Waals surface area (Å²) >= 11 is 0. The molecular weight excluding hydrogens is 144 g/mol. The second-order valence-corrected chi connectivity index (χ2v) is 3.66. The summed E-state index contributed by atoms with van der Waals surface area (Å²) in [7, 11) is 0. The Labute approximate surface area is 78.1 Å². The zero-order valence-corrected chi connectivity index (χ0v) is 8.86. The molecule has 0 heterocycles. The van der Waals surface area contributed by atoms with Crippen LogP contribution in [0.25, 0.3) is 0 Å². The molecule has 0 rings (SSSR count). The maximum atomic E-state index is 4.09. The van der Waals surface area contributed by atoms with Crippen LogP contribution in [0, 0.1) is 0 Å². The van der Waals surface area contributed by atoms with Gasteiger partial charge in [-0.05, 0) is 25.7 Å². The molecule has 12 heavy (non-hydrogen) atoms. The van der Waals surface area contributed by atoms with Crippen molar-refractivity contribution in [3.05, 3.63) is 12.2 Å². The Balaban J connectivity index is 3.08. The van der Waals surface area contributed by atoms with E-state index < -0.39 is 0 Å². The van der Waals surface area contributed by atoms with Crippen LogP contribution in [0.5, 0.6) is 0 Å². The number of hydrogen-bond acceptors (Lipinski definition) is 0. The number of allylic oxidation sites excluding steroid dienone is 1. The third-order valence-corrected chi connectivity index (χ3v) is 2.27. The largest absolute Gasteiger partial charge is 0.0999 e. The molecule has 0 bridgehead atoms. The van der Waals surface area contributed by atoms with Gasteiger partial charge in [-0.2, -0.15) is 0 Å². The molecule has 0 aliphatic heterocycles. The van der Waals surface area contributed by atoms with Crippen LogP contribution in [-0.2, 0) is 0 Å². The lowest BCUT2D eigenvalue weighted by Crippen LogP contribution is -1.83. The molecule has 0 heteroatoms. The fourth-order valence-corrected chi connectivity index (χ4v) is 1.35. The molecule has 0 atom stereocenters. The normalized spacial score (nSPS) is 10.2. The standard InChI is InChI=1S/C12H24/c1-4-6-8-9-11-12(3)10-7-5-2/h3-11H2,1-2H3. The van der Waals surface area contributed by atoms with Gasteiger partial charge in [-0.15, -0.1) is 0 Å². The van der Waals surface area contributed by atoms with Crippen molar-refractivity contribution in [2.24, 2.45) is 0 Å². The molecule has 0 N–H and O–H groups in total. The van der Waals surface area contributed by atoms with Crippen molar-refractivity contribution in [3.8, 4) is 0 Å². The lowest BCUT2D eigenvalue weighted by molar-refractivity contribution is 0.647. The highest BCUT2D eigenvalue weighted by Crippen LogP contribution is 2.13. The van der Waals surface area contributed by atoms with Gasteiger partial charge in [0.2, 0.25) is 0 Å². The van der Waals surface area contributed by atoms with Crippen molar-refractivity contribution in [1.82, 2.24) is 0 Å². The Kier molecular flexibility index (Phi) is 8.64. The molecule has 0 aromatic heterocycles. The van der Waals surface area contributed by atoms with E-state index in [1.807, 2.05) is 0 Å². The van der Waals surface area contributed by atoms with Crippen LogP contribution >= 0.6 is 0 Å². The molecule has 0 saturated carbocycles. The predicted molar refractivity (Wildman–Crippen MR) is 57.4 cm³/mol. The first kappa shape index (κ1) is 11.7. The Morgan fingerprint density at radius 2 is 1.42 bits per heavy atom. The number of rotatable bonds is 8. The van der Waals surface area contributed by atoms with Crippen LogP contribution in [0.1, 0.15) is 65.2 Å². The first-order valence-corrected chi connectivity index (χ1v) is 5.47. The summed E-state index contributed by atoms with van der Waals surface area (Å²) < 4.78 is 0. The van der Waals surface area contributed by atoms with E-state index in [4.69, 9.17) is 0 Å². The average Bonchev–Trinajstić information content (AvgIpc) is 2.09. The monoisotopic (exact) mass is 168 g/mol. The molecule has 72 valence electrons. The van der Waals surface area contributed by atoms with Crippen LogP contribution in [0.15, 0.2) is 12.2 Å². The van der Waals surface area contributed by atoms with Gasteiger partial charge in [-0.3, -0.25) is 0 Å². The minimum absolute atomic E-state index is 1.25. The van der Waals surface area contributed by atoms with E-state index in [1.165, 1.54) is 56.9 Å². The maximum Gasteiger partial charge on any atom is -0.0323 e. The molecule has 0 saturated heterocycles. The van der Waals surface area contributed by atoms with Gasteiger partial charge < -0.3 is 0 Å².